The number of halogens is 9. The van der Waals surface area contributed by atoms with Gasteiger partial charge in [0.2, 0.25) is 0 Å². The van der Waals surface area contributed by atoms with Crippen molar-refractivity contribution < 1.29 is 13.2 Å². The molecule has 0 unspecified atom stereocenters. The molecule has 0 radical (unpaired) electrons. The summed E-state index contributed by atoms with van der Waals surface area (Å²) in [6, 6.07) is 6.11. The van der Waals surface area contributed by atoms with Gasteiger partial charge in [0, 0.05) is 26.7 Å². The molecule has 0 amide bonds. The Hall–Kier alpha value is -1.08. The molecule has 2 nitrogen and oxygen atoms in total. The maximum atomic E-state index is 13.6. The zero-order chi connectivity index (χ0) is 21.7. The van der Waals surface area contributed by atoms with Crippen molar-refractivity contribution in [3.8, 4) is 22.4 Å². The third kappa shape index (κ3) is 4.50. The molecule has 3 aromatic rings. The number of rotatable bonds is 2. The van der Waals surface area contributed by atoms with Crippen molar-refractivity contribution in [2.75, 3.05) is 5.73 Å². The number of hydrogen-bond donors (Lipinski definition) is 1. The fourth-order valence-electron chi connectivity index (χ4n) is 2.61. The van der Waals surface area contributed by atoms with Crippen LogP contribution in [0.5, 0.6) is 0 Å². The molecule has 0 bridgehead atoms. The molecule has 3 rings (SSSR count). The highest BCUT2D eigenvalue weighted by molar-refractivity contribution is 6.46. The molecule has 0 saturated heterocycles. The monoisotopic (exact) mass is 518 g/mol. The standard InChI is InChI=1S/C18H7Cl6F3N2/c19-6-1-8(14(23)11(21)3-6)9-5-13(18(25,26)27)29-17(16(9)28)10-2-7(20)4-12(22)15(10)24/h1-5H,28H2. The molecule has 0 atom stereocenters. The van der Waals surface area contributed by atoms with E-state index < -0.39 is 11.9 Å². The lowest BCUT2D eigenvalue weighted by atomic mass is 9.99. The Morgan fingerprint density at radius 2 is 1.17 bits per heavy atom. The Labute approximate surface area is 193 Å². The molecule has 0 aliphatic rings. The summed E-state index contributed by atoms with van der Waals surface area (Å²) in [7, 11) is 0. The molecule has 152 valence electrons. The fraction of sp³-hybridized carbons (Fsp3) is 0.0556. The summed E-state index contributed by atoms with van der Waals surface area (Å²) in [4.78, 5) is 3.66. The predicted octanol–water partition coefficient (Wildman–Crippen LogP) is 8.94. The zero-order valence-electron chi connectivity index (χ0n) is 13.8. The van der Waals surface area contributed by atoms with Gasteiger partial charge in [0.1, 0.15) is 5.69 Å². The highest BCUT2D eigenvalue weighted by Gasteiger charge is 2.35. The van der Waals surface area contributed by atoms with Gasteiger partial charge in [-0.2, -0.15) is 13.2 Å². The molecule has 2 aromatic carbocycles. The summed E-state index contributed by atoms with van der Waals surface area (Å²) in [5.74, 6) is 0. The average Bonchev–Trinajstić information content (AvgIpc) is 2.60. The van der Waals surface area contributed by atoms with Gasteiger partial charge in [-0.3, -0.25) is 0 Å². The van der Waals surface area contributed by atoms with E-state index in [2.05, 4.69) is 4.98 Å². The molecule has 0 saturated carbocycles. The van der Waals surface area contributed by atoms with Crippen molar-refractivity contribution in [1.82, 2.24) is 4.98 Å². The number of pyridine rings is 1. The van der Waals surface area contributed by atoms with E-state index in [4.69, 9.17) is 75.3 Å². The van der Waals surface area contributed by atoms with Crippen molar-refractivity contribution in [2.24, 2.45) is 0 Å². The molecule has 2 N–H and O–H groups in total. The molecule has 0 aliphatic heterocycles. The zero-order valence-corrected chi connectivity index (χ0v) is 18.3. The Morgan fingerprint density at radius 1 is 0.690 bits per heavy atom. The van der Waals surface area contributed by atoms with Crippen LogP contribution < -0.4 is 5.73 Å². The highest BCUT2D eigenvalue weighted by Crippen LogP contribution is 2.46. The van der Waals surface area contributed by atoms with E-state index in [0.717, 1.165) is 6.07 Å². The number of nitrogen functional groups attached to an aromatic ring is 1. The van der Waals surface area contributed by atoms with Gasteiger partial charge in [-0.05, 0) is 30.3 Å². The minimum atomic E-state index is -4.79. The van der Waals surface area contributed by atoms with Crippen LogP contribution in [0.1, 0.15) is 5.69 Å². The Bertz CT molecular complexity index is 1050. The Balaban J connectivity index is 2.43. The lowest BCUT2D eigenvalue weighted by Crippen LogP contribution is -2.11. The van der Waals surface area contributed by atoms with Crippen molar-refractivity contribution >= 4 is 75.3 Å². The van der Waals surface area contributed by atoms with Crippen LogP contribution in [-0.2, 0) is 6.18 Å². The minimum Gasteiger partial charge on any atom is -0.396 e. The van der Waals surface area contributed by atoms with Gasteiger partial charge in [0.15, 0.2) is 0 Å². The van der Waals surface area contributed by atoms with E-state index >= 15 is 0 Å². The number of nitrogens with two attached hydrogens (primary N) is 1. The first kappa shape index (κ1) is 22.6. The van der Waals surface area contributed by atoms with Crippen LogP contribution in [0.15, 0.2) is 30.3 Å². The second-order valence-corrected chi connectivity index (χ2v) is 8.26. The van der Waals surface area contributed by atoms with Crippen molar-refractivity contribution in [2.45, 2.75) is 6.18 Å². The number of alkyl halides is 3. The largest absolute Gasteiger partial charge is 0.433 e. The minimum absolute atomic E-state index is 0.0248. The maximum absolute atomic E-state index is 13.6. The van der Waals surface area contributed by atoms with E-state index in [9.17, 15) is 13.2 Å². The molecule has 1 heterocycles. The maximum Gasteiger partial charge on any atom is 0.433 e. The summed E-state index contributed by atoms with van der Waals surface area (Å²) < 4.78 is 40.7. The quantitative estimate of drug-likeness (QED) is 0.342. The summed E-state index contributed by atoms with van der Waals surface area (Å²) in [6.45, 7) is 0. The van der Waals surface area contributed by atoms with Gasteiger partial charge in [0.25, 0.3) is 0 Å². The van der Waals surface area contributed by atoms with Crippen LogP contribution in [0.25, 0.3) is 22.4 Å². The van der Waals surface area contributed by atoms with Crippen LogP contribution in [0.2, 0.25) is 30.1 Å². The number of hydrogen-bond acceptors (Lipinski definition) is 2. The van der Waals surface area contributed by atoms with E-state index in [1.54, 1.807) is 0 Å². The van der Waals surface area contributed by atoms with E-state index in [0.29, 0.717) is 0 Å². The summed E-state index contributed by atoms with van der Waals surface area (Å²) >= 11 is 36.4. The molecule has 0 fully saturated rings. The molecule has 0 aliphatic carbocycles. The van der Waals surface area contributed by atoms with Crippen molar-refractivity contribution in [3.63, 3.8) is 0 Å². The van der Waals surface area contributed by atoms with Gasteiger partial charge in [-0.1, -0.05) is 69.6 Å². The molecule has 29 heavy (non-hydrogen) atoms. The number of benzene rings is 2. The fourth-order valence-corrected chi connectivity index (χ4v) is 4.00. The van der Waals surface area contributed by atoms with Crippen LogP contribution in [-0.4, -0.2) is 4.98 Å². The first-order chi connectivity index (χ1) is 13.4. The topological polar surface area (TPSA) is 38.9 Å². The summed E-state index contributed by atoms with van der Waals surface area (Å²) in [6.07, 6.45) is -4.79. The van der Waals surface area contributed by atoms with E-state index in [1.807, 2.05) is 0 Å². The lowest BCUT2D eigenvalue weighted by molar-refractivity contribution is -0.141. The molecule has 1 aromatic heterocycles. The van der Waals surface area contributed by atoms with Crippen LogP contribution >= 0.6 is 69.6 Å². The number of anilines is 1. The second-order valence-electron chi connectivity index (χ2n) is 5.81. The normalized spacial score (nSPS) is 11.8. The van der Waals surface area contributed by atoms with Gasteiger partial charge < -0.3 is 5.73 Å². The molecular weight excluding hydrogens is 514 g/mol. The molecular formula is C18H7Cl6F3N2. The van der Waals surface area contributed by atoms with Crippen LogP contribution in [0.3, 0.4) is 0 Å². The summed E-state index contributed by atoms with van der Waals surface area (Å²) in [5, 5.41) is 0.282. The van der Waals surface area contributed by atoms with Crippen molar-refractivity contribution in [3.05, 3.63) is 66.2 Å². The Kier molecular flexibility index (Phi) is 6.40. The smallest absolute Gasteiger partial charge is 0.396 e. The summed E-state index contributed by atoms with van der Waals surface area (Å²) in [5.41, 5.74) is 4.59. The van der Waals surface area contributed by atoms with Gasteiger partial charge in [-0.15, -0.1) is 0 Å². The third-order valence-corrected chi connectivity index (χ3v) is 5.92. The third-order valence-electron chi connectivity index (χ3n) is 3.88. The van der Waals surface area contributed by atoms with E-state index in [1.165, 1.54) is 24.3 Å². The SMILES string of the molecule is Nc1c(-c2cc(Cl)cc(Cl)c2Cl)cc(C(F)(F)F)nc1-c1cc(Cl)cc(Cl)c1Cl. The van der Waals surface area contributed by atoms with Crippen LogP contribution in [0.4, 0.5) is 18.9 Å². The second kappa shape index (κ2) is 8.22. The Morgan fingerprint density at radius 3 is 1.69 bits per heavy atom. The first-order valence-electron chi connectivity index (χ1n) is 7.57. The van der Waals surface area contributed by atoms with Crippen LogP contribution in [0, 0.1) is 0 Å². The van der Waals surface area contributed by atoms with Crippen molar-refractivity contribution in [1.29, 1.82) is 0 Å². The highest BCUT2D eigenvalue weighted by atomic mass is 35.5. The average molecular weight is 521 g/mol. The van der Waals surface area contributed by atoms with Gasteiger partial charge >= 0.3 is 6.18 Å². The number of aromatic nitrogens is 1. The predicted molar refractivity (Wildman–Crippen MR) is 115 cm³/mol. The molecule has 11 heteroatoms. The lowest BCUT2D eigenvalue weighted by Gasteiger charge is -2.18. The van der Waals surface area contributed by atoms with Gasteiger partial charge in [0.05, 0.1) is 31.5 Å². The van der Waals surface area contributed by atoms with Gasteiger partial charge in [-0.25, -0.2) is 4.98 Å². The number of nitrogens with zero attached hydrogens (tertiary/aromatic N) is 1. The first-order valence-corrected chi connectivity index (χ1v) is 9.84. The van der Waals surface area contributed by atoms with E-state index in [-0.39, 0.29) is 58.2 Å². The molecule has 0 spiro atoms.